The molecule has 184 valence electrons. The Bertz CT molecular complexity index is 1170. The topological polar surface area (TPSA) is 252 Å². The third kappa shape index (κ3) is 5.85. The van der Waals surface area contributed by atoms with Gasteiger partial charge >= 0.3 is 0 Å². The van der Waals surface area contributed by atoms with Crippen molar-refractivity contribution in [1.82, 2.24) is 9.80 Å². The van der Waals surface area contributed by atoms with Gasteiger partial charge < -0.3 is 0 Å². The summed E-state index contributed by atoms with van der Waals surface area (Å²) in [4.78, 5) is 71.1. The van der Waals surface area contributed by atoms with E-state index < -0.39 is 113 Å². The number of hydrogen-bond donors (Lipinski definition) is 2. The highest BCUT2D eigenvalue weighted by molar-refractivity contribution is 7.91. The number of sulfone groups is 1. The number of imide groups is 6. The molecule has 33 heavy (non-hydrogen) atoms. The molecule has 19 heteroatoms. The minimum absolute atomic E-state index is 0.101. The molecule has 0 aromatic heterocycles. The van der Waals surface area contributed by atoms with Crippen LogP contribution in [0.4, 0.5) is 0 Å². The lowest BCUT2D eigenvalue weighted by Crippen LogP contribution is -2.41. The Morgan fingerprint density at radius 1 is 0.697 bits per heavy atom. The predicted molar refractivity (Wildman–Crippen MR) is 102 cm³/mol. The van der Waals surface area contributed by atoms with Crippen LogP contribution in [0.1, 0.15) is 25.7 Å². The molecule has 0 saturated carbocycles. The predicted octanol–water partition coefficient (Wildman–Crippen LogP) is -3.73. The molecule has 0 aliphatic carbocycles. The average Bonchev–Trinajstić information content (AvgIpc) is 3.13. The van der Waals surface area contributed by atoms with Crippen LogP contribution in [-0.2, 0) is 58.8 Å². The van der Waals surface area contributed by atoms with Crippen LogP contribution < -0.4 is 0 Å². The van der Waals surface area contributed by atoms with Crippen LogP contribution in [0.3, 0.4) is 0 Å². The van der Waals surface area contributed by atoms with Gasteiger partial charge in [-0.25, -0.2) is 18.2 Å². The molecular weight excluding hydrogens is 516 g/mol. The largest absolute Gasteiger partial charge is 0.285 e. The second kappa shape index (κ2) is 8.97. The summed E-state index contributed by atoms with van der Waals surface area (Å²) in [6.07, 6.45) is -3.96. The lowest BCUT2D eigenvalue weighted by molar-refractivity contribution is -0.151. The number of carbonyl (C=O) groups is 6. The van der Waals surface area contributed by atoms with Crippen LogP contribution in [-0.4, -0.2) is 102 Å². The van der Waals surface area contributed by atoms with Gasteiger partial charge in [-0.05, 0) is 0 Å². The number of amides is 6. The molecular formula is C14H16N2O14S3. The highest BCUT2D eigenvalue weighted by Gasteiger charge is 2.49. The summed E-state index contributed by atoms with van der Waals surface area (Å²) >= 11 is 0. The molecule has 2 aliphatic rings. The quantitative estimate of drug-likeness (QED) is 0.225. The maximum absolute atomic E-state index is 12.1. The van der Waals surface area contributed by atoms with E-state index in [0.717, 1.165) is 0 Å². The van der Waals surface area contributed by atoms with Gasteiger partial charge in [0.1, 0.15) is 0 Å². The first-order valence-electron chi connectivity index (χ1n) is 8.79. The summed E-state index contributed by atoms with van der Waals surface area (Å²) in [5, 5.41) is -4.38. The normalized spacial score (nSPS) is 22.4. The van der Waals surface area contributed by atoms with Gasteiger partial charge in [-0.3, -0.25) is 37.9 Å². The third-order valence-corrected chi connectivity index (χ3v) is 8.51. The van der Waals surface area contributed by atoms with Gasteiger partial charge in [-0.15, -0.1) is 0 Å². The van der Waals surface area contributed by atoms with Crippen molar-refractivity contribution >= 4 is 65.5 Å². The Kier molecular flexibility index (Phi) is 7.24. The molecule has 0 bridgehead atoms. The minimum atomic E-state index is -4.98. The van der Waals surface area contributed by atoms with Gasteiger partial charge in [0.25, 0.3) is 32.1 Å². The van der Waals surface area contributed by atoms with E-state index in [9.17, 15) is 54.0 Å². The second-order valence-corrected chi connectivity index (χ2v) is 12.5. The first-order chi connectivity index (χ1) is 14.9. The molecule has 0 spiro atoms. The highest BCUT2D eigenvalue weighted by Crippen LogP contribution is 2.22. The van der Waals surface area contributed by atoms with Crippen molar-refractivity contribution in [2.75, 3.05) is 11.5 Å². The van der Waals surface area contributed by atoms with E-state index in [4.69, 9.17) is 9.11 Å². The van der Waals surface area contributed by atoms with Gasteiger partial charge in [-0.2, -0.15) is 16.8 Å². The van der Waals surface area contributed by atoms with Crippen molar-refractivity contribution in [2.24, 2.45) is 0 Å². The zero-order valence-electron chi connectivity index (χ0n) is 16.3. The fourth-order valence-electron chi connectivity index (χ4n) is 3.01. The molecule has 0 aromatic rings. The fraction of sp³-hybridized carbons (Fsp3) is 0.571. The van der Waals surface area contributed by atoms with Crippen LogP contribution in [0, 0.1) is 0 Å². The molecule has 2 fully saturated rings. The molecule has 2 heterocycles. The molecule has 2 aliphatic heterocycles. The molecule has 0 radical (unpaired) electrons. The Morgan fingerprint density at radius 3 is 1.24 bits per heavy atom. The lowest BCUT2D eigenvalue weighted by atomic mass is 10.4. The van der Waals surface area contributed by atoms with Crippen molar-refractivity contribution in [1.29, 1.82) is 0 Å². The average molecular weight is 532 g/mol. The molecule has 0 aromatic carbocycles. The Morgan fingerprint density at radius 2 is 1.00 bits per heavy atom. The summed E-state index contributed by atoms with van der Waals surface area (Å²) in [7, 11) is -14.2. The number of nitrogens with zero attached hydrogens (tertiary/aromatic N) is 2. The summed E-state index contributed by atoms with van der Waals surface area (Å²) in [6.45, 7) is 0. The van der Waals surface area contributed by atoms with Gasteiger partial charge in [0.05, 0.1) is 24.3 Å². The Labute approximate surface area is 186 Å². The standard InChI is InChI=1S/C14H16N2O14S3/c17-9(15-11(19)5-7(13(15)21)32(25,26)27)1-3-31(23,24)4-2-10(18)16-12(20)6-8(14(16)22)33(28,29)30/h7-8H,1-6H2,(H,25,26,27)(H,28,29,30). The monoisotopic (exact) mass is 532 g/mol. The van der Waals surface area contributed by atoms with Crippen molar-refractivity contribution in [3.05, 3.63) is 0 Å². The molecule has 6 amide bonds. The van der Waals surface area contributed by atoms with Crippen LogP contribution in [0.5, 0.6) is 0 Å². The maximum Gasteiger partial charge on any atom is 0.277 e. The first-order valence-corrected chi connectivity index (χ1v) is 13.6. The van der Waals surface area contributed by atoms with Crippen molar-refractivity contribution in [2.45, 2.75) is 36.2 Å². The summed E-state index contributed by atoms with van der Waals surface area (Å²) in [5.74, 6) is -10.4. The zero-order chi connectivity index (χ0) is 25.5. The van der Waals surface area contributed by atoms with E-state index in [2.05, 4.69) is 0 Å². The van der Waals surface area contributed by atoms with E-state index in [0.29, 0.717) is 0 Å². The van der Waals surface area contributed by atoms with Crippen LogP contribution >= 0.6 is 0 Å². The SMILES string of the molecule is O=C(CCS(=O)(=O)CCC(=O)N1C(=O)CC(S(=O)(=O)O)C1=O)N1C(=O)CC(S(=O)(=O)O)C1=O. The summed E-state index contributed by atoms with van der Waals surface area (Å²) in [6, 6.07) is 0. The van der Waals surface area contributed by atoms with E-state index in [1.165, 1.54) is 0 Å². The van der Waals surface area contributed by atoms with Gasteiger partial charge in [-0.1, -0.05) is 0 Å². The van der Waals surface area contributed by atoms with Gasteiger partial charge in [0.2, 0.25) is 23.6 Å². The Hall–Kier alpha value is -2.61. The lowest BCUT2D eigenvalue weighted by Gasteiger charge is -2.14. The molecule has 2 N–H and O–H groups in total. The zero-order valence-corrected chi connectivity index (χ0v) is 18.8. The minimum Gasteiger partial charge on any atom is -0.285 e. The maximum atomic E-state index is 12.1. The Balaban J connectivity index is 1.97. The summed E-state index contributed by atoms with van der Waals surface area (Å²) in [5.41, 5.74) is 0. The number of rotatable bonds is 8. The van der Waals surface area contributed by atoms with Crippen LogP contribution in [0.25, 0.3) is 0 Å². The highest BCUT2D eigenvalue weighted by atomic mass is 32.2. The van der Waals surface area contributed by atoms with Gasteiger partial charge in [0.15, 0.2) is 20.3 Å². The van der Waals surface area contributed by atoms with E-state index in [1.807, 2.05) is 0 Å². The first kappa shape index (κ1) is 26.6. The molecule has 2 saturated heterocycles. The number of carbonyl (C=O) groups excluding carboxylic acids is 6. The molecule has 2 atom stereocenters. The van der Waals surface area contributed by atoms with Gasteiger partial charge in [0, 0.05) is 12.8 Å². The number of likely N-dealkylation sites (tertiary alicyclic amines) is 2. The van der Waals surface area contributed by atoms with E-state index in [1.54, 1.807) is 0 Å². The molecule has 2 rings (SSSR count). The second-order valence-electron chi connectivity index (χ2n) is 6.99. The van der Waals surface area contributed by atoms with E-state index in [-0.39, 0.29) is 9.80 Å². The summed E-state index contributed by atoms with van der Waals surface area (Å²) < 4.78 is 86.3. The van der Waals surface area contributed by atoms with Crippen LogP contribution in [0.2, 0.25) is 0 Å². The fourth-order valence-corrected chi connectivity index (χ4v) is 5.61. The molecule has 16 nitrogen and oxygen atoms in total. The van der Waals surface area contributed by atoms with Crippen LogP contribution in [0.15, 0.2) is 0 Å². The third-order valence-electron chi connectivity index (χ3n) is 4.68. The van der Waals surface area contributed by atoms with E-state index >= 15 is 0 Å². The van der Waals surface area contributed by atoms with Crippen molar-refractivity contribution in [3.63, 3.8) is 0 Å². The molecule has 2 unspecified atom stereocenters. The smallest absolute Gasteiger partial charge is 0.277 e. The van der Waals surface area contributed by atoms with Crippen molar-refractivity contribution < 1.29 is 63.1 Å². The number of hydrogen-bond acceptors (Lipinski definition) is 12. The van der Waals surface area contributed by atoms with Crippen molar-refractivity contribution in [3.8, 4) is 0 Å².